The van der Waals surface area contributed by atoms with E-state index in [4.69, 9.17) is 5.73 Å². The standard InChI is InChI=1S/C9H8F2N2O/c10-5-2-1-3-7(8(5)11)13-4-6(12)9(13)14/h1-3,6H,4,12H2. The zero-order chi connectivity index (χ0) is 10.3. The van der Waals surface area contributed by atoms with Gasteiger partial charge in [0.15, 0.2) is 11.6 Å². The highest BCUT2D eigenvalue weighted by Crippen LogP contribution is 2.25. The molecule has 0 bridgehead atoms. The summed E-state index contributed by atoms with van der Waals surface area (Å²) in [4.78, 5) is 12.3. The van der Waals surface area contributed by atoms with Gasteiger partial charge < -0.3 is 10.6 Å². The molecule has 0 radical (unpaired) electrons. The van der Waals surface area contributed by atoms with Crippen LogP contribution in [0.2, 0.25) is 0 Å². The highest BCUT2D eigenvalue weighted by Gasteiger charge is 2.36. The Morgan fingerprint density at radius 3 is 2.71 bits per heavy atom. The Kier molecular flexibility index (Phi) is 1.96. The van der Waals surface area contributed by atoms with E-state index in [1.807, 2.05) is 0 Å². The van der Waals surface area contributed by atoms with Gasteiger partial charge in [-0.15, -0.1) is 0 Å². The molecule has 1 saturated heterocycles. The molecule has 74 valence electrons. The molecule has 3 nitrogen and oxygen atoms in total. The van der Waals surface area contributed by atoms with Gasteiger partial charge in [0.2, 0.25) is 5.91 Å². The number of nitrogens with zero attached hydrogens (tertiary/aromatic N) is 1. The third kappa shape index (κ3) is 1.17. The van der Waals surface area contributed by atoms with Crippen molar-refractivity contribution in [3.05, 3.63) is 29.8 Å². The SMILES string of the molecule is NC1CN(c2cccc(F)c2F)C1=O. The van der Waals surface area contributed by atoms with E-state index in [2.05, 4.69) is 0 Å². The fourth-order valence-corrected chi connectivity index (χ4v) is 1.37. The molecule has 14 heavy (non-hydrogen) atoms. The summed E-state index contributed by atoms with van der Waals surface area (Å²) >= 11 is 0. The largest absolute Gasteiger partial charge is 0.318 e. The fourth-order valence-electron chi connectivity index (χ4n) is 1.37. The van der Waals surface area contributed by atoms with E-state index in [1.165, 1.54) is 12.1 Å². The monoisotopic (exact) mass is 198 g/mol. The quantitative estimate of drug-likeness (QED) is 0.673. The molecule has 1 aliphatic rings. The van der Waals surface area contributed by atoms with Crippen molar-refractivity contribution in [1.29, 1.82) is 0 Å². The predicted octanol–water partition coefficient (Wildman–Crippen LogP) is 0.639. The molecule has 2 rings (SSSR count). The van der Waals surface area contributed by atoms with E-state index in [9.17, 15) is 13.6 Å². The Bertz CT molecular complexity index is 394. The van der Waals surface area contributed by atoms with Gasteiger partial charge >= 0.3 is 0 Å². The minimum Gasteiger partial charge on any atom is -0.318 e. The van der Waals surface area contributed by atoms with Crippen LogP contribution in [-0.4, -0.2) is 18.5 Å². The number of rotatable bonds is 1. The van der Waals surface area contributed by atoms with Crippen molar-refractivity contribution in [3.63, 3.8) is 0 Å². The van der Waals surface area contributed by atoms with E-state index < -0.39 is 17.7 Å². The zero-order valence-electron chi connectivity index (χ0n) is 7.21. The minimum atomic E-state index is -1.01. The summed E-state index contributed by atoms with van der Waals surface area (Å²) in [6.07, 6.45) is 0. The number of β-lactam (4-membered cyclic amide) rings is 1. The van der Waals surface area contributed by atoms with Gasteiger partial charge in [-0.25, -0.2) is 8.78 Å². The number of nitrogens with two attached hydrogens (primary N) is 1. The van der Waals surface area contributed by atoms with Gasteiger partial charge in [-0.3, -0.25) is 4.79 Å². The number of hydrogen-bond acceptors (Lipinski definition) is 2. The van der Waals surface area contributed by atoms with Crippen LogP contribution in [0.3, 0.4) is 0 Å². The maximum atomic E-state index is 13.2. The van der Waals surface area contributed by atoms with E-state index in [0.717, 1.165) is 11.0 Å². The van der Waals surface area contributed by atoms with Crippen LogP contribution < -0.4 is 10.6 Å². The highest BCUT2D eigenvalue weighted by atomic mass is 19.2. The first-order valence-electron chi connectivity index (χ1n) is 4.12. The number of carbonyl (C=O) groups is 1. The summed E-state index contributed by atoms with van der Waals surface area (Å²) in [6, 6.07) is 3.12. The maximum Gasteiger partial charge on any atom is 0.245 e. The van der Waals surface area contributed by atoms with Gasteiger partial charge in [0, 0.05) is 0 Å². The second-order valence-electron chi connectivity index (χ2n) is 3.13. The van der Waals surface area contributed by atoms with Crippen LogP contribution in [0.1, 0.15) is 0 Å². The lowest BCUT2D eigenvalue weighted by molar-refractivity contribution is -0.123. The molecule has 1 fully saturated rings. The van der Waals surface area contributed by atoms with Gasteiger partial charge in [-0.1, -0.05) is 6.07 Å². The normalized spacial score (nSPS) is 20.9. The van der Waals surface area contributed by atoms with Gasteiger partial charge in [0.1, 0.15) is 6.04 Å². The van der Waals surface area contributed by atoms with Crippen LogP contribution in [0, 0.1) is 11.6 Å². The molecule has 2 N–H and O–H groups in total. The van der Waals surface area contributed by atoms with Crippen LogP contribution in [0.25, 0.3) is 0 Å². The number of halogens is 2. The highest BCUT2D eigenvalue weighted by molar-refractivity contribution is 6.03. The second kappa shape index (κ2) is 3.02. The summed E-state index contributed by atoms with van der Waals surface area (Å²) < 4.78 is 25.9. The molecule has 1 atom stereocenters. The average molecular weight is 198 g/mol. The van der Waals surface area contributed by atoms with Crippen LogP contribution in [-0.2, 0) is 4.79 Å². The van der Waals surface area contributed by atoms with E-state index in [0.29, 0.717) is 0 Å². The Hall–Kier alpha value is -1.49. The topological polar surface area (TPSA) is 46.3 Å². The average Bonchev–Trinajstić information content (AvgIpc) is 2.19. The van der Waals surface area contributed by atoms with Crippen molar-refractivity contribution >= 4 is 11.6 Å². The number of benzene rings is 1. The van der Waals surface area contributed by atoms with Crippen molar-refractivity contribution in [2.24, 2.45) is 5.73 Å². The lowest BCUT2D eigenvalue weighted by Crippen LogP contribution is -2.61. The minimum absolute atomic E-state index is 0.0447. The molecular weight excluding hydrogens is 190 g/mol. The van der Waals surface area contributed by atoms with Crippen molar-refractivity contribution < 1.29 is 13.6 Å². The third-order valence-electron chi connectivity index (χ3n) is 2.18. The van der Waals surface area contributed by atoms with E-state index in [1.54, 1.807) is 0 Å². The van der Waals surface area contributed by atoms with Crippen molar-refractivity contribution in [3.8, 4) is 0 Å². The lowest BCUT2D eigenvalue weighted by Gasteiger charge is -2.36. The summed E-state index contributed by atoms with van der Waals surface area (Å²) in [5, 5.41) is 0. The van der Waals surface area contributed by atoms with E-state index >= 15 is 0 Å². The molecule has 0 spiro atoms. The Morgan fingerprint density at radius 1 is 1.43 bits per heavy atom. The lowest BCUT2D eigenvalue weighted by atomic mass is 10.1. The molecule has 1 amide bonds. The Morgan fingerprint density at radius 2 is 2.14 bits per heavy atom. The molecule has 1 heterocycles. The van der Waals surface area contributed by atoms with Gasteiger partial charge in [-0.05, 0) is 12.1 Å². The van der Waals surface area contributed by atoms with Crippen LogP contribution in [0.4, 0.5) is 14.5 Å². The first-order chi connectivity index (χ1) is 6.61. The summed E-state index contributed by atoms with van der Waals surface area (Å²) in [5.41, 5.74) is 5.29. The van der Waals surface area contributed by atoms with Crippen molar-refractivity contribution in [2.75, 3.05) is 11.4 Å². The molecule has 1 aliphatic heterocycles. The Balaban J connectivity index is 2.34. The molecule has 1 aromatic rings. The number of amides is 1. The van der Waals surface area contributed by atoms with Gasteiger partial charge in [0.05, 0.1) is 12.2 Å². The fraction of sp³-hybridized carbons (Fsp3) is 0.222. The van der Waals surface area contributed by atoms with Crippen LogP contribution in [0.5, 0.6) is 0 Å². The number of hydrogen-bond donors (Lipinski definition) is 1. The summed E-state index contributed by atoms with van der Waals surface area (Å²) in [5.74, 6) is -2.35. The summed E-state index contributed by atoms with van der Waals surface area (Å²) in [6.45, 7) is 0.235. The summed E-state index contributed by atoms with van der Waals surface area (Å²) in [7, 11) is 0. The molecule has 0 aromatic heterocycles. The number of anilines is 1. The van der Waals surface area contributed by atoms with Crippen molar-refractivity contribution in [2.45, 2.75) is 6.04 Å². The molecule has 0 saturated carbocycles. The van der Waals surface area contributed by atoms with E-state index in [-0.39, 0.29) is 18.1 Å². The second-order valence-corrected chi connectivity index (χ2v) is 3.13. The molecule has 0 aliphatic carbocycles. The maximum absolute atomic E-state index is 13.2. The number of carbonyl (C=O) groups excluding carboxylic acids is 1. The van der Waals surface area contributed by atoms with Gasteiger partial charge in [-0.2, -0.15) is 0 Å². The molecular formula is C9H8F2N2O. The zero-order valence-corrected chi connectivity index (χ0v) is 7.21. The van der Waals surface area contributed by atoms with Crippen LogP contribution >= 0.6 is 0 Å². The molecule has 1 aromatic carbocycles. The first kappa shape index (κ1) is 9.08. The third-order valence-corrected chi connectivity index (χ3v) is 2.18. The predicted molar refractivity (Wildman–Crippen MR) is 46.7 cm³/mol. The van der Waals surface area contributed by atoms with Crippen LogP contribution in [0.15, 0.2) is 18.2 Å². The molecule has 1 unspecified atom stereocenters. The smallest absolute Gasteiger partial charge is 0.245 e. The Labute approximate surface area is 79.1 Å². The molecule has 5 heteroatoms. The van der Waals surface area contributed by atoms with Gasteiger partial charge in [0.25, 0.3) is 0 Å². The first-order valence-corrected chi connectivity index (χ1v) is 4.12. The van der Waals surface area contributed by atoms with Crippen molar-refractivity contribution in [1.82, 2.24) is 0 Å².